The van der Waals surface area contributed by atoms with Crippen LogP contribution < -0.4 is 5.32 Å². The third-order valence-electron chi connectivity index (χ3n) is 5.28. The molecule has 0 aromatic heterocycles. The predicted molar refractivity (Wildman–Crippen MR) is 101 cm³/mol. The van der Waals surface area contributed by atoms with Crippen molar-refractivity contribution in [2.75, 3.05) is 39.4 Å². The lowest BCUT2D eigenvalue weighted by atomic mass is 10.1. The maximum atomic E-state index is 12.6. The second-order valence-electron chi connectivity index (χ2n) is 7.29. The van der Waals surface area contributed by atoms with Gasteiger partial charge in [0.1, 0.15) is 6.54 Å². The van der Waals surface area contributed by atoms with E-state index in [2.05, 4.69) is 41.4 Å². The smallest absolute Gasteiger partial charge is 0.242 e. The van der Waals surface area contributed by atoms with Crippen LogP contribution in [-0.2, 0) is 16.1 Å². The maximum Gasteiger partial charge on any atom is 0.242 e. The molecule has 3 rings (SSSR count). The number of benzene rings is 1. The highest BCUT2D eigenvalue weighted by atomic mass is 16.2. The molecular weight excluding hydrogens is 328 g/mol. The zero-order valence-electron chi connectivity index (χ0n) is 15.7. The van der Waals surface area contributed by atoms with Gasteiger partial charge in [-0.3, -0.25) is 19.8 Å². The Morgan fingerprint density at radius 1 is 1.15 bits per heavy atom. The molecule has 1 aromatic carbocycles. The van der Waals surface area contributed by atoms with Crippen LogP contribution in [0, 0.1) is 0 Å². The first kappa shape index (κ1) is 18.9. The fraction of sp³-hybridized carbons (Fsp3) is 0.600. The van der Waals surface area contributed by atoms with E-state index in [1.165, 1.54) is 5.56 Å². The van der Waals surface area contributed by atoms with Crippen molar-refractivity contribution in [3.8, 4) is 0 Å². The average Bonchev–Trinajstić information content (AvgIpc) is 2.65. The van der Waals surface area contributed by atoms with Gasteiger partial charge in [-0.05, 0) is 12.0 Å². The molecule has 1 N–H and O–H groups in total. The molecule has 142 valence electrons. The van der Waals surface area contributed by atoms with E-state index >= 15 is 0 Å². The van der Waals surface area contributed by atoms with Crippen LogP contribution in [-0.4, -0.2) is 71.9 Å². The minimum Gasteiger partial charge on any atom is -0.339 e. The summed E-state index contributed by atoms with van der Waals surface area (Å²) in [5, 5.41) is 3.37. The van der Waals surface area contributed by atoms with Gasteiger partial charge >= 0.3 is 0 Å². The van der Waals surface area contributed by atoms with Gasteiger partial charge in [-0.15, -0.1) is 0 Å². The van der Waals surface area contributed by atoms with Crippen LogP contribution in [0.4, 0.5) is 0 Å². The summed E-state index contributed by atoms with van der Waals surface area (Å²) in [6, 6.07) is 10.7. The van der Waals surface area contributed by atoms with Crippen molar-refractivity contribution in [2.24, 2.45) is 0 Å². The molecule has 6 heteroatoms. The fourth-order valence-electron chi connectivity index (χ4n) is 3.70. The number of nitrogens with one attached hydrogen (secondary N) is 1. The molecule has 2 aliphatic rings. The Labute approximate surface area is 156 Å². The molecule has 0 radical (unpaired) electrons. The normalized spacial score (nSPS) is 21.9. The highest BCUT2D eigenvalue weighted by Crippen LogP contribution is 2.12. The van der Waals surface area contributed by atoms with Crippen LogP contribution >= 0.6 is 0 Å². The van der Waals surface area contributed by atoms with Gasteiger partial charge in [0.25, 0.3) is 0 Å². The van der Waals surface area contributed by atoms with Crippen LogP contribution in [0.5, 0.6) is 0 Å². The third-order valence-corrected chi connectivity index (χ3v) is 5.28. The van der Waals surface area contributed by atoms with Crippen molar-refractivity contribution in [2.45, 2.75) is 38.8 Å². The fourth-order valence-corrected chi connectivity index (χ4v) is 3.70. The number of carbonyl (C=O) groups is 2. The summed E-state index contributed by atoms with van der Waals surface area (Å²) >= 11 is 0. The van der Waals surface area contributed by atoms with Crippen molar-refractivity contribution >= 4 is 11.8 Å². The maximum absolute atomic E-state index is 12.6. The Morgan fingerprint density at radius 3 is 2.54 bits per heavy atom. The highest BCUT2D eigenvalue weighted by molar-refractivity contribution is 5.85. The summed E-state index contributed by atoms with van der Waals surface area (Å²) < 4.78 is 0. The molecule has 2 heterocycles. The summed E-state index contributed by atoms with van der Waals surface area (Å²) in [5.41, 5.74) is 1.30. The van der Waals surface area contributed by atoms with E-state index in [-0.39, 0.29) is 24.4 Å². The summed E-state index contributed by atoms with van der Waals surface area (Å²) in [4.78, 5) is 30.8. The molecule has 1 aromatic rings. The van der Waals surface area contributed by atoms with Crippen LogP contribution in [0.25, 0.3) is 0 Å². The first-order valence-electron chi connectivity index (χ1n) is 9.71. The van der Waals surface area contributed by atoms with Crippen LogP contribution in [0.3, 0.4) is 0 Å². The Hall–Kier alpha value is -1.92. The number of piperazine rings is 1. The first-order chi connectivity index (χ1) is 12.7. The van der Waals surface area contributed by atoms with Gasteiger partial charge in [-0.2, -0.15) is 0 Å². The predicted octanol–water partition coefficient (Wildman–Crippen LogP) is 1.28. The van der Waals surface area contributed by atoms with Crippen LogP contribution in [0.2, 0.25) is 0 Å². The number of amides is 2. The van der Waals surface area contributed by atoms with Crippen molar-refractivity contribution < 1.29 is 9.59 Å². The van der Waals surface area contributed by atoms with Gasteiger partial charge in [0.05, 0.1) is 6.67 Å². The topological polar surface area (TPSA) is 55.9 Å². The Bertz CT molecular complexity index is 599. The van der Waals surface area contributed by atoms with E-state index in [4.69, 9.17) is 0 Å². The minimum atomic E-state index is 0.0634. The quantitative estimate of drug-likeness (QED) is 0.832. The lowest BCUT2D eigenvalue weighted by Gasteiger charge is -2.37. The standard InChI is InChI=1S/C20H30N4O2/c1-2-6-18-13-19(25)24(16-21-18)15-20(26)23-11-9-22(10-12-23)14-17-7-4-3-5-8-17/h3-5,7-8,18,21H,2,6,9-16H2,1H3. The Balaban J connectivity index is 1.42. The second-order valence-corrected chi connectivity index (χ2v) is 7.29. The van der Waals surface area contributed by atoms with E-state index < -0.39 is 0 Å². The zero-order valence-corrected chi connectivity index (χ0v) is 15.7. The molecule has 2 amide bonds. The van der Waals surface area contributed by atoms with Gasteiger partial charge in [0.2, 0.25) is 11.8 Å². The summed E-state index contributed by atoms with van der Waals surface area (Å²) in [5.74, 6) is 0.159. The van der Waals surface area contributed by atoms with Crippen molar-refractivity contribution in [3.05, 3.63) is 35.9 Å². The number of hydrogen-bond acceptors (Lipinski definition) is 4. The molecule has 6 nitrogen and oxygen atoms in total. The molecule has 0 aliphatic carbocycles. The van der Waals surface area contributed by atoms with Crippen molar-refractivity contribution in [3.63, 3.8) is 0 Å². The van der Waals surface area contributed by atoms with Crippen molar-refractivity contribution in [1.29, 1.82) is 0 Å². The summed E-state index contributed by atoms with van der Waals surface area (Å²) in [7, 11) is 0. The lowest BCUT2D eigenvalue weighted by Crippen LogP contribution is -2.56. The van der Waals surface area contributed by atoms with Gasteiger partial charge in [-0.1, -0.05) is 43.7 Å². The van der Waals surface area contributed by atoms with Gasteiger partial charge in [-0.25, -0.2) is 0 Å². The molecule has 2 aliphatic heterocycles. The first-order valence-corrected chi connectivity index (χ1v) is 9.71. The molecular formula is C20H30N4O2. The number of carbonyl (C=O) groups excluding carboxylic acids is 2. The van der Waals surface area contributed by atoms with E-state index in [9.17, 15) is 9.59 Å². The van der Waals surface area contributed by atoms with Gasteiger partial charge in [0.15, 0.2) is 0 Å². The lowest BCUT2D eigenvalue weighted by molar-refractivity contribution is -0.144. The highest BCUT2D eigenvalue weighted by Gasteiger charge is 2.28. The zero-order chi connectivity index (χ0) is 18.4. The number of nitrogens with zero attached hydrogens (tertiary/aromatic N) is 3. The third kappa shape index (κ3) is 5.05. The molecule has 2 saturated heterocycles. The average molecular weight is 358 g/mol. The molecule has 0 saturated carbocycles. The molecule has 26 heavy (non-hydrogen) atoms. The minimum absolute atomic E-state index is 0.0634. The number of hydrogen-bond donors (Lipinski definition) is 1. The largest absolute Gasteiger partial charge is 0.339 e. The summed E-state index contributed by atoms with van der Waals surface area (Å²) in [6.07, 6.45) is 2.58. The van der Waals surface area contributed by atoms with Crippen molar-refractivity contribution in [1.82, 2.24) is 20.0 Å². The van der Waals surface area contributed by atoms with E-state index in [1.807, 2.05) is 11.0 Å². The van der Waals surface area contributed by atoms with Crippen LogP contribution in [0.1, 0.15) is 31.7 Å². The van der Waals surface area contributed by atoms with Crippen LogP contribution in [0.15, 0.2) is 30.3 Å². The molecule has 1 unspecified atom stereocenters. The second kappa shape index (κ2) is 9.14. The van der Waals surface area contributed by atoms with Gasteiger partial charge in [0, 0.05) is 45.2 Å². The molecule has 1 atom stereocenters. The number of rotatable bonds is 6. The molecule has 0 spiro atoms. The molecule has 2 fully saturated rings. The summed E-state index contributed by atoms with van der Waals surface area (Å²) in [6.45, 7) is 6.97. The monoisotopic (exact) mass is 358 g/mol. The molecule has 0 bridgehead atoms. The van der Waals surface area contributed by atoms with Gasteiger partial charge < -0.3 is 9.80 Å². The Morgan fingerprint density at radius 2 is 1.88 bits per heavy atom. The van der Waals surface area contributed by atoms with E-state index in [0.29, 0.717) is 13.1 Å². The SMILES string of the molecule is CCCC1CC(=O)N(CC(=O)N2CCN(Cc3ccccc3)CC2)CN1. The van der Waals surface area contributed by atoms with E-state index in [0.717, 1.165) is 45.6 Å². The van der Waals surface area contributed by atoms with E-state index in [1.54, 1.807) is 4.90 Å². The Kier molecular flexibility index (Phi) is 6.63.